The molecular weight excluding hydrogens is 292 g/mol. The molecule has 0 heterocycles. The van der Waals surface area contributed by atoms with E-state index in [2.05, 4.69) is 10.6 Å². The largest absolute Gasteiger partial charge is 0.388 e. The predicted octanol–water partition coefficient (Wildman–Crippen LogP) is 2.09. The average Bonchev–Trinajstić information content (AvgIpc) is 2.44. The lowest BCUT2D eigenvalue weighted by molar-refractivity contribution is -0.124. The fraction of sp³-hybridized carbons (Fsp3) is 0.556. The molecule has 0 aliphatic carbocycles. The summed E-state index contributed by atoms with van der Waals surface area (Å²) in [4.78, 5) is 23.6. The van der Waals surface area contributed by atoms with Crippen molar-refractivity contribution in [1.82, 2.24) is 10.6 Å². The van der Waals surface area contributed by atoms with Crippen LogP contribution in [0, 0.1) is 12.8 Å². The molecule has 0 aromatic heterocycles. The Labute approximate surface area is 138 Å². The summed E-state index contributed by atoms with van der Waals surface area (Å²) in [5.41, 5.74) is 1.05. The topological polar surface area (TPSA) is 78.4 Å². The number of carbonyl (C=O) groups excluding carboxylic acids is 2. The number of rotatable bonds is 7. The summed E-state index contributed by atoms with van der Waals surface area (Å²) in [6.45, 7) is 9.10. The summed E-state index contributed by atoms with van der Waals surface area (Å²) >= 11 is 0. The van der Waals surface area contributed by atoms with Gasteiger partial charge < -0.3 is 15.7 Å². The van der Waals surface area contributed by atoms with Gasteiger partial charge in [-0.3, -0.25) is 9.59 Å². The van der Waals surface area contributed by atoms with Crippen molar-refractivity contribution in [3.63, 3.8) is 0 Å². The Hall–Kier alpha value is -1.88. The van der Waals surface area contributed by atoms with E-state index in [1.54, 1.807) is 6.92 Å². The van der Waals surface area contributed by atoms with Crippen molar-refractivity contribution in [3.05, 3.63) is 35.4 Å². The van der Waals surface area contributed by atoms with Gasteiger partial charge >= 0.3 is 0 Å². The fourth-order valence-corrected chi connectivity index (χ4v) is 2.04. The Bertz CT molecular complexity index is 536. The first-order valence-electron chi connectivity index (χ1n) is 7.94. The van der Waals surface area contributed by atoms with E-state index in [0.717, 1.165) is 11.1 Å². The van der Waals surface area contributed by atoms with Crippen LogP contribution in [-0.4, -0.2) is 29.1 Å². The molecule has 0 bridgehead atoms. The molecule has 1 aromatic rings. The van der Waals surface area contributed by atoms with E-state index >= 15 is 0 Å². The summed E-state index contributed by atoms with van der Waals surface area (Å²) in [6, 6.07) is 7.34. The molecule has 0 saturated carbocycles. The molecule has 2 amide bonds. The molecule has 0 radical (unpaired) electrons. The first-order valence-corrected chi connectivity index (χ1v) is 7.94. The molecule has 5 heteroatoms. The molecule has 3 N–H and O–H groups in total. The van der Waals surface area contributed by atoms with Crippen LogP contribution in [0.3, 0.4) is 0 Å². The summed E-state index contributed by atoms with van der Waals surface area (Å²) in [5, 5.41) is 15.7. The maximum absolute atomic E-state index is 12.2. The number of nitrogens with one attached hydrogen (secondary N) is 2. The van der Waals surface area contributed by atoms with Crippen molar-refractivity contribution in [2.75, 3.05) is 6.54 Å². The van der Waals surface area contributed by atoms with Gasteiger partial charge in [-0.25, -0.2) is 0 Å². The van der Waals surface area contributed by atoms with Gasteiger partial charge in [-0.1, -0.05) is 43.7 Å². The van der Waals surface area contributed by atoms with Crippen molar-refractivity contribution >= 4 is 11.8 Å². The fourth-order valence-electron chi connectivity index (χ4n) is 2.04. The third-order valence-electron chi connectivity index (χ3n) is 4.13. The molecular formula is C18H28N2O3. The molecule has 1 rings (SSSR count). The van der Waals surface area contributed by atoms with Crippen LogP contribution in [0.4, 0.5) is 0 Å². The van der Waals surface area contributed by atoms with Gasteiger partial charge in [0, 0.05) is 13.5 Å². The number of carbonyl (C=O) groups is 2. The SMILES string of the molecule is CC(=O)NC(CC(=O)NCC(C)(O)C(C)C)c1ccc(C)cc1. The molecule has 23 heavy (non-hydrogen) atoms. The minimum Gasteiger partial charge on any atom is -0.388 e. The van der Waals surface area contributed by atoms with Crippen LogP contribution in [-0.2, 0) is 9.59 Å². The second-order valence-electron chi connectivity index (χ2n) is 6.66. The second kappa shape index (κ2) is 8.11. The second-order valence-corrected chi connectivity index (χ2v) is 6.66. The van der Waals surface area contributed by atoms with Gasteiger partial charge in [0.2, 0.25) is 11.8 Å². The van der Waals surface area contributed by atoms with E-state index in [9.17, 15) is 14.7 Å². The van der Waals surface area contributed by atoms with E-state index in [4.69, 9.17) is 0 Å². The average molecular weight is 320 g/mol. The predicted molar refractivity (Wildman–Crippen MR) is 90.8 cm³/mol. The lowest BCUT2D eigenvalue weighted by atomic mass is 9.92. The highest BCUT2D eigenvalue weighted by Crippen LogP contribution is 2.18. The zero-order valence-electron chi connectivity index (χ0n) is 14.6. The maximum atomic E-state index is 12.2. The smallest absolute Gasteiger partial charge is 0.222 e. The quantitative estimate of drug-likeness (QED) is 0.720. The zero-order valence-corrected chi connectivity index (χ0v) is 14.6. The normalized spacial score (nSPS) is 14.9. The Morgan fingerprint density at radius 3 is 2.26 bits per heavy atom. The van der Waals surface area contributed by atoms with E-state index in [1.807, 2.05) is 45.0 Å². The van der Waals surface area contributed by atoms with Gasteiger partial charge in [0.25, 0.3) is 0 Å². The minimum absolute atomic E-state index is 0.0334. The summed E-state index contributed by atoms with van der Waals surface area (Å²) in [5.74, 6) is -0.353. The molecule has 0 aliphatic rings. The number of aryl methyl sites for hydroxylation is 1. The lowest BCUT2D eigenvalue weighted by Crippen LogP contribution is -2.45. The van der Waals surface area contributed by atoms with Crippen molar-refractivity contribution < 1.29 is 14.7 Å². The Morgan fingerprint density at radius 1 is 1.22 bits per heavy atom. The molecule has 0 saturated heterocycles. The van der Waals surface area contributed by atoms with Crippen molar-refractivity contribution in [2.24, 2.45) is 5.92 Å². The summed E-state index contributed by atoms with van der Waals surface area (Å²) in [6.07, 6.45) is 0.136. The Kier molecular flexibility index (Phi) is 6.76. The number of hydrogen-bond acceptors (Lipinski definition) is 3. The Balaban J connectivity index is 2.72. The van der Waals surface area contributed by atoms with Gasteiger partial charge in [-0.2, -0.15) is 0 Å². The molecule has 0 spiro atoms. The molecule has 128 valence electrons. The minimum atomic E-state index is -0.955. The van der Waals surface area contributed by atoms with Gasteiger partial charge in [0.1, 0.15) is 0 Å². The van der Waals surface area contributed by atoms with E-state index in [1.165, 1.54) is 6.92 Å². The number of benzene rings is 1. The third-order valence-corrected chi connectivity index (χ3v) is 4.13. The van der Waals surface area contributed by atoms with Crippen LogP contribution in [0.1, 0.15) is 51.3 Å². The highest BCUT2D eigenvalue weighted by atomic mass is 16.3. The third kappa shape index (κ3) is 6.40. The number of amides is 2. The van der Waals surface area contributed by atoms with Crippen LogP contribution in [0.5, 0.6) is 0 Å². The molecule has 2 atom stereocenters. The molecule has 0 fully saturated rings. The van der Waals surface area contributed by atoms with Crippen LogP contribution < -0.4 is 10.6 Å². The van der Waals surface area contributed by atoms with Crippen LogP contribution in [0.15, 0.2) is 24.3 Å². The van der Waals surface area contributed by atoms with Crippen LogP contribution in [0.25, 0.3) is 0 Å². The molecule has 5 nitrogen and oxygen atoms in total. The summed E-state index contributed by atoms with van der Waals surface area (Å²) in [7, 11) is 0. The van der Waals surface area contributed by atoms with E-state index < -0.39 is 5.60 Å². The van der Waals surface area contributed by atoms with Crippen LogP contribution >= 0.6 is 0 Å². The van der Waals surface area contributed by atoms with E-state index in [-0.39, 0.29) is 36.7 Å². The number of aliphatic hydroxyl groups is 1. The molecule has 1 aromatic carbocycles. The monoisotopic (exact) mass is 320 g/mol. The van der Waals surface area contributed by atoms with Gasteiger partial charge in [-0.15, -0.1) is 0 Å². The van der Waals surface area contributed by atoms with Crippen LogP contribution in [0.2, 0.25) is 0 Å². The number of hydrogen-bond donors (Lipinski definition) is 3. The highest BCUT2D eigenvalue weighted by molar-refractivity contribution is 5.79. The highest BCUT2D eigenvalue weighted by Gasteiger charge is 2.26. The standard InChI is InChI=1S/C18H28N2O3/c1-12(2)18(5,23)11-19-17(22)10-16(20-14(4)21)15-8-6-13(3)7-9-15/h6-9,12,16,23H,10-11H2,1-5H3,(H,19,22)(H,20,21). The van der Waals surface area contributed by atoms with Gasteiger partial charge in [0.15, 0.2) is 0 Å². The van der Waals surface area contributed by atoms with Crippen molar-refractivity contribution in [1.29, 1.82) is 0 Å². The first-order chi connectivity index (χ1) is 10.6. The molecule has 2 unspecified atom stereocenters. The van der Waals surface area contributed by atoms with E-state index in [0.29, 0.717) is 0 Å². The molecule has 0 aliphatic heterocycles. The maximum Gasteiger partial charge on any atom is 0.222 e. The summed E-state index contributed by atoms with van der Waals surface area (Å²) < 4.78 is 0. The lowest BCUT2D eigenvalue weighted by Gasteiger charge is -2.28. The van der Waals surface area contributed by atoms with Gasteiger partial charge in [0.05, 0.1) is 18.1 Å². The van der Waals surface area contributed by atoms with Gasteiger partial charge in [-0.05, 0) is 25.3 Å². The Morgan fingerprint density at radius 2 is 1.78 bits per heavy atom. The first kappa shape index (κ1) is 19.2. The van der Waals surface area contributed by atoms with Crippen molar-refractivity contribution in [3.8, 4) is 0 Å². The van der Waals surface area contributed by atoms with Crippen molar-refractivity contribution in [2.45, 2.75) is 52.7 Å². The zero-order chi connectivity index (χ0) is 17.6.